The summed E-state index contributed by atoms with van der Waals surface area (Å²) in [5, 5.41) is 0. The van der Waals surface area contributed by atoms with Crippen LogP contribution in [0.1, 0.15) is 17.2 Å². The average Bonchev–Trinajstić information content (AvgIpc) is 2.52. The predicted octanol–water partition coefficient (Wildman–Crippen LogP) is 3.99. The second-order valence-electron chi connectivity index (χ2n) is 5.73. The van der Waals surface area contributed by atoms with E-state index in [0.717, 1.165) is 19.6 Å². The maximum atomic E-state index is 2.53. The van der Waals surface area contributed by atoms with Crippen molar-refractivity contribution in [3.63, 3.8) is 0 Å². The zero-order valence-electron chi connectivity index (χ0n) is 12.7. The second kappa shape index (κ2) is 6.65. The van der Waals surface area contributed by atoms with Gasteiger partial charge in [0.2, 0.25) is 0 Å². The highest BCUT2D eigenvalue weighted by atomic mass is 32.2. The zero-order chi connectivity index (χ0) is 14.7. The third-order valence-corrected chi connectivity index (χ3v) is 5.12. The summed E-state index contributed by atoms with van der Waals surface area (Å²) < 4.78 is 2.53. The summed E-state index contributed by atoms with van der Waals surface area (Å²) in [5.74, 6) is 0. The number of hydrogen-bond donors (Lipinski definition) is 0. The van der Waals surface area contributed by atoms with Crippen LogP contribution in [0, 0.1) is 6.92 Å². The van der Waals surface area contributed by atoms with Crippen molar-refractivity contribution < 1.29 is 0 Å². The SMILES string of the molecule is Cc1ccc(SN2CCN(C)CC2c2ccccc2)cc1. The minimum Gasteiger partial charge on any atom is -0.303 e. The van der Waals surface area contributed by atoms with E-state index in [1.807, 2.05) is 11.9 Å². The number of benzene rings is 2. The fourth-order valence-corrected chi connectivity index (χ4v) is 3.71. The predicted molar refractivity (Wildman–Crippen MR) is 90.4 cm³/mol. The minimum absolute atomic E-state index is 0.455. The Balaban J connectivity index is 1.79. The molecule has 0 radical (unpaired) electrons. The molecule has 0 bridgehead atoms. The molecule has 3 heteroatoms. The van der Waals surface area contributed by atoms with Gasteiger partial charge in [-0.3, -0.25) is 0 Å². The van der Waals surface area contributed by atoms with Gasteiger partial charge in [-0.15, -0.1) is 0 Å². The molecule has 1 unspecified atom stereocenters. The van der Waals surface area contributed by atoms with Crippen LogP contribution >= 0.6 is 11.9 Å². The van der Waals surface area contributed by atoms with E-state index in [-0.39, 0.29) is 0 Å². The van der Waals surface area contributed by atoms with Crippen LogP contribution in [0.4, 0.5) is 0 Å². The molecule has 21 heavy (non-hydrogen) atoms. The summed E-state index contributed by atoms with van der Waals surface area (Å²) in [7, 11) is 2.21. The first kappa shape index (κ1) is 14.6. The van der Waals surface area contributed by atoms with Crippen LogP contribution in [0.25, 0.3) is 0 Å². The maximum Gasteiger partial charge on any atom is 0.0582 e. The number of nitrogens with zero attached hydrogens (tertiary/aromatic N) is 2. The third kappa shape index (κ3) is 3.67. The largest absolute Gasteiger partial charge is 0.303 e. The van der Waals surface area contributed by atoms with Crippen molar-refractivity contribution >= 4 is 11.9 Å². The van der Waals surface area contributed by atoms with Crippen LogP contribution in [0.2, 0.25) is 0 Å². The van der Waals surface area contributed by atoms with Crippen molar-refractivity contribution in [3.05, 3.63) is 65.7 Å². The Morgan fingerprint density at radius 1 is 0.952 bits per heavy atom. The van der Waals surface area contributed by atoms with E-state index in [2.05, 4.69) is 77.8 Å². The summed E-state index contributed by atoms with van der Waals surface area (Å²) in [6.45, 7) is 5.44. The van der Waals surface area contributed by atoms with Crippen molar-refractivity contribution in [1.29, 1.82) is 0 Å². The molecule has 2 nitrogen and oxygen atoms in total. The van der Waals surface area contributed by atoms with Gasteiger partial charge in [-0.2, -0.15) is 0 Å². The molecule has 3 rings (SSSR count). The smallest absolute Gasteiger partial charge is 0.0582 e. The van der Waals surface area contributed by atoms with Gasteiger partial charge in [0.15, 0.2) is 0 Å². The number of likely N-dealkylation sites (N-methyl/N-ethyl adjacent to an activating group) is 1. The first-order valence-electron chi connectivity index (χ1n) is 7.47. The van der Waals surface area contributed by atoms with E-state index < -0.39 is 0 Å². The van der Waals surface area contributed by atoms with Crippen LogP contribution in [0.5, 0.6) is 0 Å². The first-order chi connectivity index (χ1) is 10.2. The molecule has 0 saturated carbocycles. The van der Waals surface area contributed by atoms with Crippen LogP contribution in [-0.2, 0) is 0 Å². The monoisotopic (exact) mass is 298 g/mol. The third-order valence-electron chi connectivity index (χ3n) is 3.96. The molecule has 1 saturated heterocycles. The molecule has 0 spiro atoms. The van der Waals surface area contributed by atoms with Gasteiger partial charge in [0.25, 0.3) is 0 Å². The fraction of sp³-hybridized carbons (Fsp3) is 0.333. The summed E-state index contributed by atoms with van der Waals surface area (Å²) in [4.78, 5) is 3.75. The van der Waals surface area contributed by atoms with Crippen molar-refractivity contribution in [1.82, 2.24) is 9.21 Å². The Hall–Kier alpha value is -1.29. The molecule has 2 aromatic rings. The standard InChI is InChI=1S/C18H22N2S/c1-15-8-10-17(11-9-15)21-20-13-12-19(2)14-18(20)16-6-4-3-5-7-16/h3-11,18H,12-14H2,1-2H3. The lowest BCUT2D eigenvalue weighted by Crippen LogP contribution is -2.43. The number of rotatable bonds is 3. The molecule has 0 amide bonds. The molecule has 1 fully saturated rings. The lowest BCUT2D eigenvalue weighted by atomic mass is 10.1. The summed E-state index contributed by atoms with van der Waals surface area (Å²) in [6, 6.07) is 20.1. The molecule has 1 aliphatic heterocycles. The van der Waals surface area contributed by atoms with Crippen LogP contribution in [0.15, 0.2) is 59.5 Å². The molecule has 2 aromatic carbocycles. The van der Waals surface area contributed by atoms with Gasteiger partial charge < -0.3 is 4.90 Å². The van der Waals surface area contributed by atoms with Crippen LogP contribution < -0.4 is 0 Å². The maximum absolute atomic E-state index is 2.53. The van der Waals surface area contributed by atoms with Crippen molar-refractivity contribution in [2.24, 2.45) is 0 Å². The number of hydrogen-bond acceptors (Lipinski definition) is 3. The highest BCUT2D eigenvalue weighted by Crippen LogP contribution is 2.34. The average molecular weight is 298 g/mol. The summed E-state index contributed by atoms with van der Waals surface area (Å²) in [6.07, 6.45) is 0. The molecule has 0 N–H and O–H groups in total. The highest BCUT2D eigenvalue weighted by molar-refractivity contribution is 7.97. The molecular weight excluding hydrogens is 276 g/mol. The lowest BCUT2D eigenvalue weighted by molar-refractivity contribution is 0.171. The number of piperazine rings is 1. The van der Waals surface area contributed by atoms with Crippen molar-refractivity contribution in [3.8, 4) is 0 Å². The van der Waals surface area contributed by atoms with Gasteiger partial charge in [0, 0.05) is 24.5 Å². The second-order valence-corrected chi connectivity index (χ2v) is 6.86. The highest BCUT2D eigenvalue weighted by Gasteiger charge is 2.27. The molecular formula is C18H22N2S. The van der Waals surface area contributed by atoms with Gasteiger partial charge in [-0.05, 0) is 43.6 Å². The molecule has 0 aliphatic carbocycles. The Morgan fingerprint density at radius 3 is 2.38 bits per heavy atom. The van der Waals surface area contributed by atoms with Gasteiger partial charge in [-0.1, -0.05) is 48.0 Å². The Kier molecular flexibility index (Phi) is 4.63. The van der Waals surface area contributed by atoms with E-state index >= 15 is 0 Å². The van der Waals surface area contributed by atoms with Gasteiger partial charge >= 0.3 is 0 Å². The van der Waals surface area contributed by atoms with Crippen LogP contribution in [0.3, 0.4) is 0 Å². The normalized spacial score (nSPS) is 20.6. The molecule has 110 valence electrons. The quantitative estimate of drug-likeness (QED) is 0.791. The van der Waals surface area contributed by atoms with Crippen LogP contribution in [-0.4, -0.2) is 35.9 Å². The van der Waals surface area contributed by atoms with Gasteiger partial charge in [-0.25, -0.2) is 4.31 Å². The van der Waals surface area contributed by atoms with E-state index in [4.69, 9.17) is 0 Å². The molecule has 0 aromatic heterocycles. The Labute approximate surface area is 131 Å². The van der Waals surface area contributed by atoms with E-state index in [1.165, 1.54) is 16.0 Å². The Bertz CT molecular complexity index is 568. The fourth-order valence-electron chi connectivity index (χ4n) is 2.69. The number of aryl methyl sites for hydroxylation is 1. The summed E-state index contributed by atoms with van der Waals surface area (Å²) >= 11 is 1.88. The van der Waals surface area contributed by atoms with Gasteiger partial charge in [0.1, 0.15) is 0 Å². The Morgan fingerprint density at radius 2 is 1.67 bits per heavy atom. The van der Waals surface area contributed by atoms with E-state index in [1.54, 1.807) is 0 Å². The van der Waals surface area contributed by atoms with E-state index in [9.17, 15) is 0 Å². The molecule has 1 heterocycles. The first-order valence-corrected chi connectivity index (χ1v) is 8.24. The van der Waals surface area contributed by atoms with Crippen molar-refractivity contribution in [2.75, 3.05) is 26.7 Å². The summed E-state index contributed by atoms with van der Waals surface area (Å²) in [5.41, 5.74) is 2.72. The molecule has 1 atom stereocenters. The molecule has 1 aliphatic rings. The van der Waals surface area contributed by atoms with E-state index in [0.29, 0.717) is 6.04 Å². The topological polar surface area (TPSA) is 6.48 Å². The van der Waals surface area contributed by atoms with Crippen molar-refractivity contribution in [2.45, 2.75) is 17.9 Å². The van der Waals surface area contributed by atoms with Gasteiger partial charge in [0.05, 0.1) is 6.04 Å². The minimum atomic E-state index is 0.455. The zero-order valence-corrected chi connectivity index (χ0v) is 13.5. The lowest BCUT2D eigenvalue weighted by Gasteiger charge is -2.39.